The molecule has 0 spiro atoms. The molecule has 1 aliphatic carbocycles. The highest BCUT2D eigenvalue weighted by Crippen LogP contribution is 2.43. The lowest BCUT2D eigenvalue weighted by molar-refractivity contribution is 0.0732. The number of hydrogen-bond donors (Lipinski definition) is 2. The fourth-order valence-electron chi connectivity index (χ4n) is 4.56. The molecule has 1 saturated carbocycles. The smallest absolute Gasteiger partial charge is 0.191 e. The van der Waals surface area contributed by atoms with Crippen molar-refractivity contribution in [1.82, 2.24) is 20.4 Å². The minimum atomic E-state index is 0. The average Bonchev–Trinajstić information content (AvgIpc) is 2.96. The van der Waals surface area contributed by atoms with Crippen LogP contribution >= 0.6 is 24.0 Å². The lowest BCUT2D eigenvalue weighted by atomic mass is 9.67. The number of nitrogens with zero attached hydrogens (tertiary/aromatic N) is 3. The van der Waals surface area contributed by atoms with Gasteiger partial charge in [-0.3, -0.25) is 4.90 Å². The van der Waals surface area contributed by atoms with Crippen LogP contribution in [0.2, 0.25) is 0 Å². The van der Waals surface area contributed by atoms with Gasteiger partial charge in [0.15, 0.2) is 5.96 Å². The van der Waals surface area contributed by atoms with E-state index in [2.05, 4.69) is 58.7 Å². The number of likely N-dealkylation sites (N-methyl/N-ethyl adjacent to an activating group) is 1. The largest absolute Gasteiger partial charge is 0.385 e. The number of guanidine groups is 1. The highest BCUT2D eigenvalue weighted by Gasteiger charge is 2.36. The summed E-state index contributed by atoms with van der Waals surface area (Å²) in [5.74, 6) is 0.920. The van der Waals surface area contributed by atoms with Crippen LogP contribution in [0.25, 0.3) is 0 Å². The third-order valence-corrected chi connectivity index (χ3v) is 6.89. The molecule has 1 heterocycles. The third-order valence-electron chi connectivity index (χ3n) is 6.89. The summed E-state index contributed by atoms with van der Waals surface area (Å²) >= 11 is 0. The predicted molar refractivity (Wildman–Crippen MR) is 145 cm³/mol. The summed E-state index contributed by atoms with van der Waals surface area (Å²) in [5.41, 5.74) is 3.04. The minimum absolute atomic E-state index is 0. The van der Waals surface area contributed by atoms with Crippen molar-refractivity contribution in [3.63, 3.8) is 0 Å². The molecule has 1 saturated heterocycles. The number of methoxy groups -OCH3 is 1. The van der Waals surface area contributed by atoms with Crippen molar-refractivity contribution in [2.45, 2.75) is 52.1 Å². The molecular formula is C25H44IN5O. The Kier molecular flexibility index (Phi) is 12.3. The number of hydrogen-bond acceptors (Lipinski definition) is 4. The SMILES string of the molecule is CCNC(=NCc1ccc(CN2CCCN(C)CC2)cc1)NCC1(CCOC)CCC1.I. The van der Waals surface area contributed by atoms with E-state index in [4.69, 9.17) is 9.73 Å². The summed E-state index contributed by atoms with van der Waals surface area (Å²) in [4.78, 5) is 9.84. The first-order valence-electron chi connectivity index (χ1n) is 12.1. The number of nitrogens with one attached hydrogen (secondary N) is 2. The van der Waals surface area contributed by atoms with E-state index in [9.17, 15) is 0 Å². The summed E-state index contributed by atoms with van der Waals surface area (Å²) in [7, 11) is 4.02. The van der Waals surface area contributed by atoms with Crippen molar-refractivity contribution in [1.29, 1.82) is 0 Å². The Labute approximate surface area is 212 Å². The van der Waals surface area contributed by atoms with Crippen molar-refractivity contribution in [2.24, 2.45) is 10.4 Å². The van der Waals surface area contributed by atoms with Crippen molar-refractivity contribution < 1.29 is 4.74 Å². The van der Waals surface area contributed by atoms with Gasteiger partial charge < -0.3 is 20.3 Å². The summed E-state index contributed by atoms with van der Waals surface area (Å²) in [6.45, 7) is 11.3. The molecule has 7 heteroatoms. The molecule has 1 aromatic carbocycles. The maximum absolute atomic E-state index is 5.32. The second kappa shape index (κ2) is 14.4. The van der Waals surface area contributed by atoms with Gasteiger partial charge in [-0.1, -0.05) is 30.7 Å². The molecule has 0 bridgehead atoms. The molecule has 1 aromatic rings. The van der Waals surface area contributed by atoms with Crippen LogP contribution in [0.15, 0.2) is 29.3 Å². The van der Waals surface area contributed by atoms with Crippen molar-refractivity contribution in [2.75, 3.05) is 60.0 Å². The van der Waals surface area contributed by atoms with Gasteiger partial charge in [0.05, 0.1) is 6.54 Å². The summed E-state index contributed by atoms with van der Waals surface area (Å²) in [6, 6.07) is 9.01. The van der Waals surface area contributed by atoms with Crippen LogP contribution in [0.3, 0.4) is 0 Å². The minimum Gasteiger partial charge on any atom is -0.385 e. The Morgan fingerprint density at radius 2 is 1.78 bits per heavy atom. The van der Waals surface area contributed by atoms with Gasteiger partial charge in [-0.25, -0.2) is 4.99 Å². The van der Waals surface area contributed by atoms with Crippen LogP contribution in [0.4, 0.5) is 0 Å². The van der Waals surface area contributed by atoms with Gasteiger partial charge in [-0.2, -0.15) is 0 Å². The quantitative estimate of drug-likeness (QED) is 0.261. The summed E-state index contributed by atoms with van der Waals surface area (Å²) in [6.07, 6.45) is 6.30. The van der Waals surface area contributed by atoms with E-state index in [1.807, 2.05) is 0 Å². The van der Waals surface area contributed by atoms with E-state index in [0.717, 1.165) is 45.2 Å². The van der Waals surface area contributed by atoms with Crippen LogP contribution in [-0.2, 0) is 17.8 Å². The molecule has 2 N–H and O–H groups in total. The van der Waals surface area contributed by atoms with Crippen LogP contribution in [0.1, 0.15) is 50.2 Å². The molecule has 0 amide bonds. The van der Waals surface area contributed by atoms with Gasteiger partial charge in [0.25, 0.3) is 0 Å². The Bertz CT molecular complexity index is 677. The molecule has 0 radical (unpaired) electrons. The first kappa shape index (κ1) is 27.3. The Hall–Kier alpha value is -0.900. The number of benzene rings is 1. The first-order valence-corrected chi connectivity index (χ1v) is 12.1. The van der Waals surface area contributed by atoms with E-state index < -0.39 is 0 Å². The van der Waals surface area contributed by atoms with Crippen molar-refractivity contribution >= 4 is 29.9 Å². The third kappa shape index (κ3) is 8.80. The lowest BCUT2D eigenvalue weighted by Crippen LogP contribution is -2.46. The van der Waals surface area contributed by atoms with Gasteiger partial charge in [0, 0.05) is 46.4 Å². The molecule has 0 atom stereocenters. The Balaban J connectivity index is 0.00000363. The average molecular weight is 558 g/mol. The molecule has 1 aliphatic heterocycles. The fourth-order valence-corrected chi connectivity index (χ4v) is 4.56. The molecule has 182 valence electrons. The highest BCUT2D eigenvalue weighted by atomic mass is 127. The maximum Gasteiger partial charge on any atom is 0.191 e. The zero-order chi connectivity index (χ0) is 21.9. The van der Waals surface area contributed by atoms with Gasteiger partial charge >= 0.3 is 0 Å². The lowest BCUT2D eigenvalue weighted by Gasteiger charge is -2.42. The van der Waals surface area contributed by atoms with E-state index in [1.165, 1.54) is 56.4 Å². The van der Waals surface area contributed by atoms with Gasteiger partial charge in [-0.05, 0) is 69.3 Å². The van der Waals surface area contributed by atoms with E-state index in [0.29, 0.717) is 12.0 Å². The highest BCUT2D eigenvalue weighted by molar-refractivity contribution is 14.0. The van der Waals surface area contributed by atoms with Crippen molar-refractivity contribution in [3.8, 4) is 0 Å². The molecule has 6 nitrogen and oxygen atoms in total. The van der Waals surface area contributed by atoms with Gasteiger partial charge in [0.1, 0.15) is 0 Å². The van der Waals surface area contributed by atoms with Crippen LogP contribution in [-0.4, -0.2) is 75.8 Å². The van der Waals surface area contributed by atoms with E-state index >= 15 is 0 Å². The number of aliphatic imine (C=N–C) groups is 1. The molecule has 0 unspecified atom stereocenters. The van der Waals surface area contributed by atoms with Gasteiger partial charge in [-0.15, -0.1) is 24.0 Å². The monoisotopic (exact) mass is 557 g/mol. The molecule has 0 aromatic heterocycles. The normalized spacial score (nSPS) is 19.5. The molecule has 2 aliphatic rings. The van der Waals surface area contributed by atoms with Crippen LogP contribution in [0, 0.1) is 5.41 Å². The molecule has 2 fully saturated rings. The first-order chi connectivity index (χ1) is 15.1. The number of halogens is 1. The Morgan fingerprint density at radius 3 is 2.44 bits per heavy atom. The van der Waals surface area contributed by atoms with Crippen molar-refractivity contribution in [3.05, 3.63) is 35.4 Å². The van der Waals surface area contributed by atoms with Crippen LogP contribution < -0.4 is 10.6 Å². The molecular weight excluding hydrogens is 513 g/mol. The second-order valence-electron chi connectivity index (χ2n) is 9.39. The van der Waals surface area contributed by atoms with Gasteiger partial charge in [0.2, 0.25) is 0 Å². The fraction of sp³-hybridized carbons (Fsp3) is 0.720. The molecule has 32 heavy (non-hydrogen) atoms. The van der Waals surface area contributed by atoms with E-state index in [1.54, 1.807) is 7.11 Å². The topological polar surface area (TPSA) is 52.1 Å². The zero-order valence-corrected chi connectivity index (χ0v) is 22.7. The Morgan fingerprint density at radius 1 is 1.03 bits per heavy atom. The predicted octanol–water partition coefficient (Wildman–Crippen LogP) is 3.70. The van der Waals surface area contributed by atoms with Crippen LogP contribution in [0.5, 0.6) is 0 Å². The zero-order valence-electron chi connectivity index (χ0n) is 20.4. The van der Waals surface area contributed by atoms with E-state index in [-0.39, 0.29) is 24.0 Å². The standard InChI is InChI=1S/C25H43N5O.HI/c1-4-26-24(28-21-25(11-5-12-25)13-18-31-3)27-19-22-7-9-23(10-8-22)20-30-15-6-14-29(2)16-17-30;/h7-10H,4-6,11-21H2,1-3H3,(H2,26,27,28);1H. The summed E-state index contributed by atoms with van der Waals surface area (Å²) < 4.78 is 5.32. The second-order valence-corrected chi connectivity index (χ2v) is 9.39. The number of ether oxygens (including phenoxy) is 1. The number of rotatable bonds is 10. The molecule has 3 rings (SSSR count). The maximum atomic E-state index is 5.32. The summed E-state index contributed by atoms with van der Waals surface area (Å²) in [5, 5.41) is 6.99.